The predicted molar refractivity (Wildman–Crippen MR) is 204 cm³/mol. The molecule has 1 aliphatic heterocycles. The van der Waals surface area contributed by atoms with E-state index < -0.39 is 0 Å². The molecule has 49 heavy (non-hydrogen) atoms. The van der Waals surface area contributed by atoms with Crippen molar-refractivity contribution in [3.8, 4) is 0 Å². The van der Waals surface area contributed by atoms with Gasteiger partial charge in [0.2, 0.25) is 29.5 Å². The number of hydrogen-bond donors (Lipinski definition) is 0. The molecule has 0 N–H and O–H groups in total. The van der Waals surface area contributed by atoms with Gasteiger partial charge in [0.15, 0.2) is 0 Å². The molecule has 1 heterocycles. The first kappa shape index (κ1) is 53.1. The van der Waals surface area contributed by atoms with Crippen molar-refractivity contribution in [1.29, 1.82) is 0 Å². The van der Waals surface area contributed by atoms with Gasteiger partial charge in [-0.2, -0.15) is 0 Å². The molecular weight excluding hydrogens is 622 g/mol. The Morgan fingerprint density at radius 1 is 0.571 bits per heavy atom. The van der Waals surface area contributed by atoms with Gasteiger partial charge in [-0.15, -0.1) is 0 Å². The van der Waals surface area contributed by atoms with Crippen molar-refractivity contribution in [3.05, 3.63) is 0 Å². The fourth-order valence-electron chi connectivity index (χ4n) is 3.67. The van der Waals surface area contributed by atoms with Crippen molar-refractivity contribution in [2.24, 2.45) is 16.2 Å². The first-order chi connectivity index (χ1) is 22.3. The van der Waals surface area contributed by atoms with E-state index in [0.717, 1.165) is 45.3 Å². The summed E-state index contributed by atoms with van der Waals surface area (Å²) in [6, 6.07) is 0. The largest absolute Gasteiger partial charge is 0.378 e. The molecule has 0 saturated carbocycles. The standard InChI is InChI=1S/C10H19NO2.C9H19NO.C8H17NO.C6H13NO.C5H11NO/c1-4-10(2,3)9(12)11-5-7-13-8-6-11;1-6-9(3,4)8(11)10(5)7-2;1-6-8(2,3)7(10)9(4)5;1-4-5-6(8)7(2)3;1-4-5(7)6(2)3/h4-8H2,1-3H3;6-7H2,1-5H3;6H2,1-5H3;4-5H2,1-3H3;4H2,1-3H3. The van der Waals surface area contributed by atoms with Crippen molar-refractivity contribution >= 4 is 29.5 Å². The molecule has 292 valence electrons. The number of carbonyl (C=O) groups is 5. The predicted octanol–water partition coefficient (Wildman–Crippen LogP) is 6.05. The fraction of sp³-hybridized carbons (Fsp3) is 0.868. The highest BCUT2D eigenvalue weighted by atomic mass is 16.5. The Morgan fingerprint density at radius 2 is 0.959 bits per heavy atom. The second-order valence-corrected chi connectivity index (χ2v) is 14.8. The summed E-state index contributed by atoms with van der Waals surface area (Å²) in [5, 5.41) is 0. The maximum absolute atomic E-state index is 11.9. The summed E-state index contributed by atoms with van der Waals surface area (Å²) in [6.45, 7) is 27.6. The van der Waals surface area contributed by atoms with Crippen LogP contribution >= 0.6 is 0 Å². The molecule has 5 amide bonds. The average Bonchev–Trinajstić information content (AvgIpc) is 3.07. The minimum Gasteiger partial charge on any atom is -0.378 e. The maximum Gasteiger partial charge on any atom is 0.228 e. The van der Waals surface area contributed by atoms with E-state index in [1.165, 1.54) is 0 Å². The van der Waals surface area contributed by atoms with Gasteiger partial charge in [0.25, 0.3) is 0 Å². The molecule has 1 saturated heterocycles. The smallest absolute Gasteiger partial charge is 0.228 e. The van der Waals surface area contributed by atoms with Crippen molar-refractivity contribution in [1.82, 2.24) is 24.5 Å². The average molecular weight is 702 g/mol. The summed E-state index contributed by atoms with van der Waals surface area (Å²) in [5.74, 6) is 1.10. The van der Waals surface area contributed by atoms with Crippen LogP contribution in [0.25, 0.3) is 0 Å². The van der Waals surface area contributed by atoms with Crippen molar-refractivity contribution in [2.45, 2.75) is 122 Å². The van der Waals surface area contributed by atoms with Gasteiger partial charge >= 0.3 is 0 Å². The Balaban J connectivity index is -0.000000263. The van der Waals surface area contributed by atoms with E-state index in [2.05, 4.69) is 6.92 Å². The van der Waals surface area contributed by atoms with E-state index >= 15 is 0 Å². The number of ether oxygens (including phenoxy) is 1. The molecule has 0 atom stereocenters. The van der Waals surface area contributed by atoms with Crippen molar-refractivity contribution in [2.75, 3.05) is 82.2 Å². The van der Waals surface area contributed by atoms with Crippen molar-refractivity contribution in [3.63, 3.8) is 0 Å². The molecule has 11 heteroatoms. The van der Waals surface area contributed by atoms with Gasteiger partial charge in [-0.25, -0.2) is 0 Å². The topological polar surface area (TPSA) is 111 Å². The van der Waals surface area contributed by atoms with Gasteiger partial charge < -0.3 is 29.2 Å². The molecule has 1 aliphatic rings. The van der Waals surface area contributed by atoms with Gasteiger partial charge in [-0.3, -0.25) is 24.0 Å². The molecular formula is C38H79N5O6. The highest BCUT2D eigenvalue weighted by Gasteiger charge is 2.31. The van der Waals surface area contributed by atoms with Crippen molar-refractivity contribution < 1.29 is 28.7 Å². The fourth-order valence-corrected chi connectivity index (χ4v) is 3.67. The Morgan fingerprint density at radius 3 is 1.18 bits per heavy atom. The first-order valence-corrected chi connectivity index (χ1v) is 18.1. The molecule has 0 radical (unpaired) electrons. The SMILES string of the molecule is CCC(=O)N(C)C.CCC(C)(C)C(=O)N(C)C.CCC(C)(C)C(=O)N1CCOCC1.CCCC(=O)N(C)C.CCN(C)C(=O)C(C)(C)CC. The minimum absolute atomic E-state index is 0.181. The summed E-state index contributed by atoms with van der Waals surface area (Å²) in [5.41, 5.74) is -0.592. The van der Waals surface area contributed by atoms with Crippen LogP contribution in [0, 0.1) is 16.2 Å². The van der Waals surface area contributed by atoms with Crippen LogP contribution < -0.4 is 0 Å². The molecule has 1 rings (SSSR count). The molecule has 0 aromatic rings. The van der Waals surface area contributed by atoms with Crippen LogP contribution in [0.2, 0.25) is 0 Å². The maximum atomic E-state index is 11.9. The van der Waals surface area contributed by atoms with Gasteiger partial charge in [-0.1, -0.05) is 76.2 Å². The lowest BCUT2D eigenvalue weighted by Crippen LogP contribution is -2.46. The number of nitrogens with zero attached hydrogens (tertiary/aromatic N) is 5. The highest BCUT2D eigenvalue weighted by molar-refractivity contribution is 5.82. The highest BCUT2D eigenvalue weighted by Crippen LogP contribution is 2.24. The number of carbonyl (C=O) groups excluding carboxylic acids is 5. The molecule has 1 fully saturated rings. The van der Waals surface area contributed by atoms with Crippen LogP contribution in [-0.4, -0.2) is 136 Å². The Bertz CT molecular complexity index is 939. The Hall–Kier alpha value is -2.69. The zero-order valence-corrected chi connectivity index (χ0v) is 35.5. The van der Waals surface area contributed by atoms with Crippen LogP contribution in [0.1, 0.15) is 122 Å². The van der Waals surface area contributed by atoms with Crippen LogP contribution in [0.15, 0.2) is 0 Å². The van der Waals surface area contributed by atoms with Crippen LogP contribution in [0.4, 0.5) is 0 Å². The zero-order chi connectivity index (χ0) is 39.8. The van der Waals surface area contributed by atoms with E-state index in [9.17, 15) is 24.0 Å². The lowest BCUT2D eigenvalue weighted by Gasteiger charge is -2.33. The molecule has 0 bridgehead atoms. The molecule has 0 unspecified atom stereocenters. The number of hydrogen-bond acceptors (Lipinski definition) is 6. The monoisotopic (exact) mass is 702 g/mol. The van der Waals surface area contributed by atoms with E-state index in [1.807, 2.05) is 88.1 Å². The van der Waals surface area contributed by atoms with Crippen LogP contribution in [0.3, 0.4) is 0 Å². The quantitative estimate of drug-likeness (QED) is 0.274. The summed E-state index contributed by atoms with van der Waals surface area (Å²) >= 11 is 0. The Kier molecular flexibility index (Phi) is 29.4. The molecule has 11 nitrogen and oxygen atoms in total. The second kappa shape index (κ2) is 27.1. The summed E-state index contributed by atoms with van der Waals surface area (Å²) < 4.78 is 5.20. The lowest BCUT2D eigenvalue weighted by atomic mass is 9.88. The van der Waals surface area contributed by atoms with Crippen LogP contribution in [-0.2, 0) is 28.7 Å². The Labute approximate surface area is 302 Å². The number of rotatable bonds is 10. The van der Waals surface area contributed by atoms with Crippen LogP contribution in [0.5, 0.6) is 0 Å². The minimum atomic E-state index is -0.211. The van der Waals surface area contributed by atoms with E-state index in [0.29, 0.717) is 26.1 Å². The van der Waals surface area contributed by atoms with Gasteiger partial charge in [0.1, 0.15) is 0 Å². The number of morpholine rings is 1. The van der Waals surface area contributed by atoms with Gasteiger partial charge in [0.05, 0.1) is 13.2 Å². The molecule has 0 spiro atoms. The first-order valence-electron chi connectivity index (χ1n) is 18.1. The lowest BCUT2D eigenvalue weighted by molar-refractivity contribution is -0.144. The third kappa shape index (κ3) is 24.2. The molecule has 0 aliphatic carbocycles. The second-order valence-electron chi connectivity index (χ2n) is 14.8. The summed E-state index contributed by atoms with van der Waals surface area (Å²) in [4.78, 5) is 64.4. The van der Waals surface area contributed by atoms with E-state index in [4.69, 9.17) is 4.74 Å². The third-order valence-electron chi connectivity index (χ3n) is 8.68. The zero-order valence-electron chi connectivity index (χ0n) is 35.5. The molecule has 0 aromatic carbocycles. The summed E-state index contributed by atoms with van der Waals surface area (Å²) in [7, 11) is 12.5. The van der Waals surface area contributed by atoms with Gasteiger partial charge in [0, 0.05) is 98.1 Å². The molecule has 0 aromatic heterocycles. The van der Waals surface area contributed by atoms with E-state index in [1.54, 1.807) is 61.9 Å². The normalized spacial score (nSPS) is 12.5. The summed E-state index contributed by atoms with van der Waals surface area (Å²) in [6.07, 6.45) is 4.90. The van der Waals surface area contributed by atoms with Gasteiger partial charge in [-0.05, 0) is 32.6 Å². The van der Waals surface area contributed by atoms with E-state index in [-0.39, 0.29) is 45.8 Å². The number of amides is 5. The third-order valence-corrected chi connectivity index (χ3v) is 8.68.